The zero-order chi connectivity index (χ0) is 10.1. The summed E-state index contributed by atoms with van der Waals surface area (Å²) in [5.41, 5.74) is 0. The molecular weight excluding hydrogens is 188 g/mol. The van der Waals surface area contributed by atoms with Gasteiger partial charge in [0.25, 0.3) is 10.2 Å². The van der Waals surface area contributed by atoms with Crippen LogP contribution in [0, 0.1) is 11.8 Å². The molecule has 1 aliphatic carbocycles. The molecule has 0 aromatic heterocycles. The molecular formula is C8H18N2O2S. The first-order chi connectivity index (χ1) is 5.90. The number of hydrogen-bond acceptors (Lipinski definition) is 2. The molecule has 3 unspecified atom stereocenters. The largest absolute Gasteiger partial charge is 0.274 e. The lowest BCUT2D eigenvalue weighted by Gasteiger charge is -2.33. The van der Waals surface area contributed by atoms with Crippen molar-refractivity contribution in [2.24, 2.45) is 17.0 Å². The minimum absolute atomic E-state index is 0.0266. The van der Waals surface area contributed by atoms with E-state index in [2.05, 4.69) is 18.6 Å². The van der Waals surface area contributed by atoms with Crippen molar-refractivity contribution in [1.82, 2.24) is 4.72 Å². The highest BCUT2D eigenvalue weighted by atomic mass is 32.2. The van der Waals surface area contributed by atoms with Crippen LogP contribution in [-0.4, -0.2) is 14.5 Å². The summed E-state index contributed by atoms with van der Waals surface area (Å²) >= 11 is 0. The van der Waals surface area contributed by atoms with Gasteiger partial charge >= 0.3 is 0 Å². The molecule has 5 heteroatoms. The Morgan fingerprint density at radius 1 is 1.31 bits per heavy atom. The molecule has 3 atom stereocenters. The van der Waals surface area contributed by atoms with Crippen molar-refractivity contribution < 1.29 is 8.42 Å². The van der Waals surface area contributed by atoms with E-state index < -0.39 is 10.2 Å². The van der Waals surface area contributed by atoms with Gasteiger partial charge in [0.05, 0.1) is 0 Å². The van der Waals surface area contributed by atoms with Crippen LogP contribution in [0.1, 0.15) is 33.1 Å². The van der Waals surface area contributed by atoms with Gasteiger partial charge in [-0.15, -0.1) is 0 Å². The van der Waals surface area contributed by atoms with E-state index in [9.17, 15) is 8.42 Å². The Kier molecular flexibility index (Phi) is 3.32. The maximum Gasteiger partial charge on any atom is 0.274 e. The Balaban J connectivity index is 2.59. The molecule has 3 N–H and O–H groups in total. The van der Waals surface area contributed by atoms with Gasteiger partial charge in [0.2, 0.25) is 0 Å². The van der Waals surface area contributed by atoms with E-state index in [1.54, 1.807) is 0 Å². The summed E-state index contributed by atoms with van der Waals surface area (Å²) in [6, 6.07) is 0.0266. The fourth-order valence-electron chi connectivity index (χ4n) is 1.96. The third-order valence-electron chi connectivity index (χ3n) is 3.02. The van der Waals surface area contributed by atoms with E-state index >= 15 is 0 Å². The number of nitrogens with two attached hydrogens (primary N) is 1. The fraction of sp³-hybridized carbons (Fsp3) is 1.00. The predicted octanol–water partition coefficient (Wildman–Crippen LogP) is 0.604. The van der Waals surface area contributed by atoms with E-state index in [-0.39, 0.29) is 6.04 Å². The molecule has 0 aliphatic heterocycles. The molecule has 0 amide bonds. The first kappa shape index (κ1) is 10.9. The van der Waals surface area contributed by atoms with Gasteiger partial charge in [0.15, 0.2) is 0 Å². The molecule has 1 aliphatic rings. The molecule has 1 rings (SSSR count). The van der Waals surface area contributed by atoms with Crippen LogP contribution in [-0.2, 0) is 10.2 Å². The van der Waals surface area contributed by atoms with Crippen molar-refractivity contribution in [3.05, 3.63) is 0 Å². The van der Waals surface area contributed by atoms with Crippen molar-refractivity contribution in [2.45, 2.75) is 39.2 Å². The number of rotatable bonds is 2. The lowest BCUT2D eigenvalue weighted by Crippen LogP contribution is -2.46. The van der Waals surface area contributed by atoms with Gasteiger partial charge in [0, 0.05) is 6.04 Å². The van der Waals surface area contributed by atoms with Gasteiger partial charge in [-0.3, -0.25) is 0 Å². The smallest absolute Gasteiger partial charge is 0.216 e. The molecule has 0 spiro atoms. The maximum absolute atomic E-state index is 10.8. The summed E-state index contributed by atoms with van der Waals surface area (Å²) in [6.45, 7) is 4.23. The van der Waals surface area contributed by atoms with Crippen molar-refractivity contribution in [2.75, 3.05) is 0 Å². The van der Waals surface area contributed by atoms with E-state index in [1.165, 1.54) is 6.42 Å². The van der Waals surface area contributed by atoms with Crippen LogP contribution in [0.15, 0.2) is 0 Å². The average molecular weight is 206 g/mol. The van der Waals surface area contributed by atoms with Crippen LogP contribution in [0.25, 0.3) is 0 Å². The highest BCUT2D eigenvalue weighted by Crippen LogP contribution is 2.29. The quantitative estimate of drug-likeness (QED) is 0.694. The lowest BCUT2D eigenvalue weighted by atomic mass is 9.78. The van der Waals surface area contributed by atoms with Crippen molar-refractivity contribution in [1.29, 1.82) is 0 Å². The molecule has 13 heavy (non-hydrogen) atoms. The standard InChI is InChI=1S/C8H18N2O2S/c1-6-4-3-5-8(7(6)2)10-13(9,11)12/h6-8,10H,3-5H2,1-2H3,(H2,9,11,12). The van der Waals surface area contributed by atoms with Gasteiger partial charge in [-0.1, -0.05) is 26.7 Å². The minimum atomic E-state index is -3.53. The molecule has 1 saturated carbocycles. The van der Waals surface area contributed by atoms with Gasteiger partial charge in [0.1, 0.15) is 0 Å². The molecule has 78 valence electrons. The van der Waals surface area contributed by atoms with Gasteiger partial charge in [-0.25, -0.2) is 5.14 Å². The Hall–Kier alpha value is -0.130. The highest BCUT2D eigenvalue weighted by molar-refractivity contribution is 7.87. The SMILES string of the molecule is CC1CCCC(NS(N)(=O)=O)C1C. The van der Waals surface area contributed by atoms with E-state index in [4.69, 9.17) is 5.14 Å². The average Bonchev–Trinajstić information content (AvgIpc) is 1.96. The summed E-state index contributed by atoms with van der Waals surface area (Å²) in [4.78, 5) is 0. The molecule has 4 nitrogen and oxygen atoms in total. The van der Waals surface area contributed by atoms with Crippen LogP contribution in [0.3, 0.4) is 0 Å². The zero-order valence-corrected chi connectivity index (χ0v) is 8.97. The monoisotopic (exact) mass is 206 g/mol. The minimum Gasteiger partial charge on any atom is -0.216 e. The number of hydrogen-bond donors (Lipinski definition) is 2. The second-order valence-electron chi connectivity index (χ2n) is 4.04. The van der Waals surface area contributed by atoms with Gasteiger partial charge in [-0.05, 0) is 18.3 Å². The highest BCUT2D eigenvalue weighted by Gasteiger charge is 2.28. The van der Waals surface area contributed by atoms with E-state index in [0.717, 1.165) is 12.8 Å². The Bertz CT molecular complexity index is 263. The molecule has 0 bridgehead atoms. The summed E-state index contributed by atoms with van der Waals surface area (Å²) < 4.78 is 24.1. The first-order valence-corrected chi connectivity index (χ1v) is 6.25. The van der Waals surface area contributed by atoms with Crippen LogP contribution < -0.4 is 9.86 Å². The summed E-state index contributed by atoms with van der Waals surface area (Å²) in [7, 11) is -3.53. The molecule has 1 fully saturated rings. The van der Waals surface area contributed by atoms with Gasteiger partial charge in [-0.2, -0.15) is 13.1 Å². The van der Waals surface area contributed by atoms with Crippen molar-refractivity contribution in [3.8, 4) is 0 Å². The van der Waals surface area contributed by atoms with Crippen LogP contribution in [0.4, 0.5) is 0 Å². The third-order valence-corrected chi connectivity index (χ3v) is 3.65. The summed E-state index contributed by atoms with van der Waals surface area (Å²) in [6.07, 6.45) is 3.17. The molecule has 0 aromatic rings. The summed E-state index contributed by atoms with van der Waals surface area (Å²) in [5.74, 6) is 0.958. The molecule has 0 heterocycles. The van der Waals surface area contributed by atoms with Crippen molar-refractivity contribution in [3.63, 3.8) is 0 Å². The second kappa shape index (κ2) is 3.94. The van der Waals surface area contributed by atoms with E-state index in [1.807, 2.05) is 0 Å². The van der Waals surface area contributed by atoms with Gasteiger partial charge < -0.3 is 0 Å². The predicted molar refractivity (Wildman–Crippen MR) is 52.2 cm³/mol. The summed E-state index contributed by atoms with van der Waals surface area (Å²) in [5, 5.41) is 4.94. The zero-order valence-electron chi connectivity index (χ0n) is 8.16. The van der Waals surface area contributed by atoms with Crippen LogP contribution in [0.5, 0.6) is 0 Å². The molecule has 0 aromatic carbocycles. The normalized spacial score (nSPS) is 36.1. The lowest BCUT2D eigenvalue weighted by molar-refractivity contribution is 0.227. The van der Waals surface area contributed by atoms with Crippen molar-refractivity contribution >= 4 is 10.2 Å². The van der Waals surface area contributed by atoms with E-state index in [0.29, 0.717) is 11.8 Å². The third kappa shape index (κ3) is 3.25. The number of nitrogens with one attached hydrogen (secondary N) is 1. The Morgan fingerprint density at radius 3 is 2.46 bits per heavy atom. The second-order valence-corrected chi connectivity index (χ2v) is 5.36. The topological polar surface area (TPSA) is 72.2 Å². The van der Waals surface area contributed by atoms with Crippen LogP contribution in [0.2, 0.25) is 0 Å². The van der Waals surface area contributed by atoms with Crippen LogP contribution >= 0.6 is 0 Å². The molecule has 0 radical (unpaired) electrons. The first-order valence-electron chi connectivity index (χ1n) is 4.70. The fourth-order valence-corrected chi connectivity index (χ4v) is 2.71. The molecule has 0 saturated heterocycles. The maximum atomic E-state index is 10.8. The Labute approximate surface area is 80.1 Å². The Morgan fingerprint density at radius 2 is 1.92 bits per heavy atom.